The van der Waals surface area contributed by atoms with Crippen molar-refractivity contribution in [3.05, 3.63) is 95.7 Å². The van der Waals surface area contributed by atoms with Crippen LogP contribution in [0.2, 0.25) is 0 Å². The lowest BCUT2D eigenvalue weighted by Gasteiger charge is -2.14. The van der Waals surface area contributed by atoms with Crippen LogP contribution in [0.4, 0.5) is 4.79 Å². The predicted molar refractivity (Wildman–Crippen MR) is 116 cm³/mol. The van der Waals surface area contributed by atoms with Crippen molar-refractivity contribution in [1.29, 1.82) is 0 Å². The van der Waals surface area contributed by atoms with Gasteiger partial charge in [0.25, 0.3) is 0 Å². The Kier molecular flexibility index (Phi) is 4.71. The van der Waals surface area contributed by atoms with Crippen molar-refractivity contribution in [1.82, 2.24) is 5.32 Å². The highest BCUT2D eigenvalue weighted by Crippen LogP contribution is 2.44. The van der Waals surface area contributed by atoms with Gasteiger partial charge in [-0.3, -0.25) is 0 Å². The minimum atomic E-state index is -0.469. The first-order chi connectivity index (χ1) is 14.8. The molecule has 1 heterocycles. The summed E-state index contributed by atoms with van der Waals surface area (Å²) in [5, 5.41) is 3.66. The Bertz CT molecular complexity index is 1250. The maximum absolute atomic E-state index is 12.2. The fourth-order valence-corrected chi connectivity index (χ4v) is 3.98. The normalized spacial score (nSPS) is 12.0. The molecule has 5 rings (SSSR count). The number of carbonyl (C=O) groups is 1. The molecule has 1 aromatic heterocycles. The molecule has 146 valence electrons. The molecule has 0 saturated heterocycles. The summed E-state index contributed by atoms with van der Waals surface area (Å²) < 4.78 is 11.0. The molecule has 0 unspecified atom stereocenters. The maximum atomic E-state index is 12.2. The van der Waals surface area contributed by atoms with E-state index in [4.69, 9.17) is 9.15 Å². The van der Waals surface area contributed by atoms with Gasteiger partial charge in [0.2, 0.25) is 0 Å². The molecular formula is C26H19NO3. The van der Waals surface area contributed by atoms with E-state index in [9.17, 15) is 4.79 Å². The summed E-state index contributed by atoms with van der Waals surface area (Å²) in [6, 6.07) is 24.3. The highest BCUT2D eigenvalue weighted by molar-refractivity contribution is 5.84. The van der Waals surface area contributed by atoms with Crippen LogP contribution in [0.15, 0.2) is 83.5 Å². The van der Waals surface area contributed by atoms with Crippen LogP contribution in [-0.2, 0) is 4.74 Å². The van der Waals surface area contributed by atoms with E-state index in [2.05, 4.69) is 41.4 Å². The molecule has 0 saturated carbocycles. The number of ether oxygens (including phenoxy) is 1. The minimum absolute atomic E-state index is 0.0477. The molecule has 1 N–H and O–H groups in total. The number of benzene rings is 3. The number of fused-ring (bicyclic) bond motifs is 4. The third-order valence-corrected chi connectivity index (χ3v) is 5.37. The molecule has 0 atom stereocenters. The summed E-state index contributed by atoms with van der Waals surface area (Å²) in [5.41, 5.74) is 6.41. The Balaban J connectivity index is 1.21. The largest absolute Gasteiger partial charge is 0.463 e. The van der Waals surface area contributed by atoms with E-state index in [-0.39, 0.29) is 12.5 Å². The van der Waals surface area contributed by atoms with Crippen LogP contribution in [0.5, 0.6) is 0 Å². The lowest BCUT2D eigenvalue weighted by molar-refractivity contribution is 0.144. The highest BCUT2D eigenvalue weighted by atomic mass is 16.5. The lowest BCUT2D eigenvalue weighted by atomic mass is 9.98. The van der Waals surface area contributed by atoms with Gasteiger partial charge in [0.05, 0.1) is 12.1 Å². The van der Waals surface area contributed by atoms with Gasteiger partial charge in [0.1, 0.15) is 18.5 Å². The van der Waals surface area contributed by atoms with Gasteiger partial charge in [-0.2, -0.15) is 0 Å². The Labute approximate surface area is 174 Å². The summed E-state index contributed by atoms with van der Waals surface area (Å²) in [6.45, 7) is 0.496. The molecule has 4 aromatic rings. The Morgan fingerprint density at radius 1 is 0.933 bits per heavy atom. The predicted octanol–water partition coefficient (Wildman–Crippen LogP) is 5.32. The van der Waals surface area contributed by atoms with Crippen LogP contribution in [0, 0.1) is 11.8 Å². The number of furan rings is 1. The first-order valence-corrected chi connectivity index (χ1v) is 9.85. The van der Waals surface area contributed by atoms with Crippen LogP contribution in [0.25, 0.3) is 22.1 Å². The molecule has 3 aromatic carbocycles. The van der Waals surface area contributed by atoms with Gasteiger partial charge < -0.3 is 14.5 Å². The molecule has 4 heteroatoms. The summed E-state index contributed by atoms with van der Waals surface area (Å²) in [7, 11) is 0. The smallest absolute Gasteiger partial charge is 0.407 e. The summed E-state index contributed by atoms with van der Waals surface area (Å²) >= 11 is 0. The van der Waals surface area contributed by atoms with Crippen LogP contribution < -0.4 is 5.32 Å². The number of rotatable bonds is 3. The van der Waals surface area contributed by atoms with Crippen molar-refractivity contribution in [3.8, 4) is 23.0 Å². The number of carbonyl (C=O) groups excluding carboxylic acids is 1. The third-order valence-electron chi connectivity index (χ3n) is 5.37. The molecule has 0 radical (unpaired) electrons. The van der Waals surface area contributed by atoms with Crippen molar-refractivity contribution in [2.24, 2.45) is 0 Å². The molecule has 0 fully saturated rings. The van der Waals surface area contributed by atoms with Crippen LogP contribution in [-0.4, -0.2) is 19.2 Å². The van der Waals surface area contributed by atoms with E-state index in [1.54, 1.807) is 6.26 Å². The van der Waals surface area contributed by atoms with E-state index >= 15 is 0 Å². The summed E-state index contributed by atoms with van der Waals surface area (Å²) in [4.78, 5) is 12.2. The van der Waals surface area contributed by atoms with Gasteiger partial charge in [0, 0.05) is 11.3 Å². The maximum Gasteiger partial charge on any atom is 0.407 e. The van der Waals surface area contributed by atoms with E-state index in [1.165, 1.54) is 22.3 Å². The zero-order chi connectivity index (χ0) is 20.3. The van der Waals surface area contributed by atoms with Crippen LogP contribution >= 0.6 is 0 Å². The fraction of sp³-hybridized carbons (Fsp3) is 0.115. The van der Waals surface area contributed by atoms with Crippen molar-refractivity contribution in [2.75, 3.05) is 13.2 Å². The molecule has 1 aliphatic carbocycles. The number of para-hydroxylation sites is 1. The van der Waals surface area contributed by atoms with E-state index in [0.717, 1.165) is 16.5 Å². The van der Waals surface area contributed by atoms with Gasteiger partial charge in [-0.15, -0.1) is 0 Å². The Morgan fingerprint density at radius 2 is 1.60 bits per heavy atom. The second-order valence-electron chi connectivity index (χ2n) is 7.13. The number of alkyl carbamates (subject to hydrolysis) is 1. The SMILES string of the molecule is O=C(NCC#Cc1coc2ccccc12)OCC1c2ccccc2-c2ccccc21. The molecule has 1 aliphatic rings. The molecular weight excluding hydrogens is 374 g/mol. The Morgan fingerprint density at radius 3 is 2.37 bits per heavy atom. The number of hydrogen-bond acceptors (Lipinski definition) is 3. The first-order valence-electron chi connectivity index (χ1n) is 9.85. The van der Waals surface area contributed by atoms with Crippen LogP contribution in [0.3, 0.4) is 0 Å². The van der Waals surface area contributed by atoms with Crippen molar-refractivity contribution in [2.45, 2.75) is 5.92 Å². The average molecular weight is 393 g/mol. The summed E-state index contributed by atoms with van der Waals surface area (Å²) in [5.74, 6) is 6.03. The third kappa shape index (κ3) is 3.31. The second kappa shape index (κ2) is 7.81. The zero-order valence-corrected chi connectivity index (χ0v) is 16.2. The Hall–Kier alpha value is -3.97. The molecule has 0 spiro atoms. The lowest BCUT2D eigenvalue weighted by Crippen LogP contribution is -2.26. The molecule has 1 amide bonds. The monoisotopic (exact) mass is 393 g/mol. The number of hydrogen-bond donors (Lipinski definition) is 1. The molecule has 0 bridgehead atoms. The minimum Gasteiger partial charge on any atom is -0.463 e. The van der Waals surface area contributed by atoms with Gasteiger partial charge in [0.15, 0.2) is 0 Å². The molecule has 0 aliphatic heterocycles. The van der Waals surface area contributed by atoms with Crippen molar-refractivity contribution in [3.63, 3.8) is 0 Å². The van der Waals surface area contributed by atoms with Gasteiger partial charge in [-0.1, -0.05) is 72.5 Å². The quantitative estimate of drug-likeness (QED) is 0.479. The van der Waals surface area contributed by atoms with E-state index in [0.29, 0.717) is 6.61 Å². The highest BCUT2D eigenvalue weighted by Gasteiger charge is 2.28. The number of nitrogens with one attached hydrogen (secondary N) is 1. The fourth-order valence-electron chi connectivity index (χ4n) is 3.98. The zero-order valence-electron chi connectivity index (χ0n) is 16.2. The van der Waals surface area contributed by atoms with Crippen molar-refractivity contribution < 1.29 is 13.9 Å². The average Bonchev–Trinajstić information content (AvgIpc) is 3.34. The topological polar surface area (TPSA) is 51.5 Å². The standard InChI is InChI=1S/C26H19NO3/c28-26(27-15-7-8-18-16-29-25-14-6-5-9-19(18)25)30-17-24-22-12-3-1-10-20(22)21-11-2-4-13-23(21)24/h1-6,9-14,16,24H,15,17H2,(H,27,28). The van der Waals surface area contributed by atoms with Gasteiger partial charge in [-0.25, -0.2) is 4.79 Å². The molecule has 4 nitrogen and oxygen atoms in total. The van der Waals surface area contributed by atoms with Gasteiger partial charge >= 0.3 is 6.09 Å². The second-order valence-corrected chi connectivity index (χ2v) is 7.13. The van der Waals surface area contributed by atoms with Gasteiger partial charge in [-0.05, 0) is 34.4 Å². The first kappa shape index (κ1) is 18.1. The summed E-state index contributed by atoms with van der Waals surface area (Å²) in [6.07, 6.45) is 1.16. The van der Waals surface area contributed by atoms with Crippen molar-refractivity contribution >= 4 is 17.1 Å². The van der Waals surface area contributed by atoms with Crippen LogP contribution in [0.1, 0.15) is 22.6 Å². The van der Waals surface area contributed by atoms with E-state index < -0.39 is 6.09 Å². The van der Waals surface area contributed by atoms with E-state index in [1.807, 2.05) is 48.5 Å². The molecule has 30 heavy (non-hydrogen) atoms. The number of amides is 1.